The van der Waals surface area contributed by atoms with Gasteiger partial charge < -0.3 is 4.74 Å². The molecule has 0 rings (SSSR count). The van der Waals surface area contributed by atoms with Crippen molar-refractivity contribution in [2.75, 3.05) is 13.2 Å². The largest absolute Gasteiger partial charge is 0.374 e. The van der Waals surface area contributed by atoms with Gasteiger partial charge in [-0.15, -0.1) is 0 Å². The van der Waals surface area contributed by atoms with Crippen LogP contribution in [-0.4, -0.2) is 25.6 Å². The van der Waals surface area contributed by atoms with E-state index in [9.17, 15) is 4.79 Å². The minimum atomic E-state index is 0. The van der Waals surface area contributed by atoms with E-state index < -0.39 is 0 Å². The second-order valence-electron chi connectivity index (χ2n) is 2.60. The first-order valence-corrected chi connectivity index (χ1v) is 5.24. The molecule has 0 aliphatic heterocycles. The van der Waals surface area contributed by atoms with Crippen LogP contribution >= 0.6 is 0 Å². The van der Waals surface area contributed by atoms with Crippen molar-refractivity contribution in [1.82, 2.24) is 0 Å². The number of hydrogen-bond donors (Lipinski definition) is 0. The third-order valence-electron chi connectivity index (χ3n) is 1.41. The average molecular weight is 213 g/mol. The van der Waals surface area contributed by atoms with Crippen molar-refractivity contribution in [1.29, 1.82) is 0 Å². The monoisotopic (exact) mass is 213 g/mol. The van der Waals surface area contributed by atoms with Crippen molar-refractivity contribution in [3.8, 4) is 0 Å². The van der Waals surface area contributed by atoms with Crippen LogP contribution in [0.2, 0.25) is 0 Å². The Morgan fingerprint density at radius 1 is 1.13 bits per heavy atom. The van der Waals surface area contributed by atoms with Crippen LogP contribution in [0, 0.1) is 0 Å². The lowest BCUT2D eigenvalue weighted by Crippen LogP contribution is -2.07. The molecule has 3 heteroatoms. The van der Waals surface area contributed by atoms with E-state index in [-0.39, 0.29) is 12.7 Å². The Balaban J connectivity index is 0. The lowest BCUT2D eigenvalue weighted by molar-refractivity contribution is -0.104. The summed E-state index contributed by atoms with van der Waals surface area (Å²) in [5.41, 5.74) is 0. The SMILES string of the molecule is CCOC(C=CC=CC=O)CC.CC[O]. The average Bonchev–Trinajstić information content (AvgIpc) is 2.24. The molecule has 0 fully saturated rings. The van der Waals surface area contributed by atoms with Gasteiger partial charge >= 0.3 is 0 Å². The molecule has 1 radical (unpaired) electrons. The number of allylic oxidation sites excluding steroid dienone is 3. The number of aldehydes is 1. The Bertz CT molecular complexity index is 174. The van der Waals surface area contributed by atoms with Gasteiger partial charge in [0.15, 0.2) is 0 Å². The molecular weight excluding hydrogens is 192 g/mol. The lowest BCUT2D eigenvalue weighted by atomic mass is 10.2. The summed E-state index contributed by atoms with van der Waals surface area (Å²) in [7, 11) is 0. The summed E-state index contributed by atoms with van der Waals surface area (Å²) in [6, 6.07) is 0. The molecule has 0 aliphatic rings. The Kier molecular flexibility index (Phi) is 17.1. The smallest absolute Gasteiger partial charge is 0.142 e. The molecule has 0 saturated carbocycles. The van der Waals surface area contributed by atoms with Crippen molar-refractivity contribution in [2.24, 2.45) is 0 Å². The quantitative estimate of drug-likeness (QED) is 0.386. The predicted octanol–water partition coefficient (Wildman–Crippen LogP) is 2.55. The molecule has 0 aliphatic carbocycles. The fourth-order valence-electron chi connectivity index (χ4n) is 0.821. The molecule has 0 saturated heterocycles. The third-order valence-corrected chi connectivity index (χ3v) is 1.41. The van der Waals surface area contributed by atoms with E-state index in [1.54, 1.807) is 13.0 Å². The highest BCUT2D eigenvalue weighted by Crippen LogP contribution is 1.99. The molecule has 0 aromatic carbocycles. The molecule has 0 spiro atoms. The van der Waals surface area contributed by atoms with Crippen LogP contribution in [0.1, 0.15) is 27.2 Å². The maximum atomic E-state index is 9.89. The standard InChI is InChI=1S/C10H16O2.C2H5O/c1-3-10(12-4-2)8-6-5-7-9-11;1-2-3/h5-10H,3-4H2,1-2H3;2H2,1H3. The van der Waals surface area contributed by atoms with E-state index in [2.05, 4.69) is 6.92 Å². The summed E-state index contributed by atoms with van der Waals surface area (Å²) in [6.07, 6.45) is 8.82. The Morgan fingerprint density at radius 2 is 1.73 bits per heavy atom. The van der Waals surface area contributed by atoms with Crippen LogP contribution in [0.3, 0.4) is 0 Å². The van der Waals surface area contributed by atoms with Gasteiger partial charge in [-0.3, -0.25) is 4.79 Å². The van der Waals surface area contributed by atoms with E-state index in [4.69, 9.17) is 9.84 Å². The molecule has 0 heterocycles. The molecular formula is C12H21O3. The maximum Gasteiger partial charge on any atom is 0.142 e. The second kappa shape index (κ2) is 15.5. The summed E-state index contributed by atoms with van der Waals surface area (Å²) in [5, 5.41) is 8.93. The molecule has 3 nitrogen and oxygen atoms in total. The molecule has 0 aromatic rings. The van der Waals surface area contributed by atoms with Crippen molar-refractivity contribution in [3.05, 3.63) is 24.3 Å². The first kappa shape index (κ1) is 16.5. The summed E-state index contributed by atoms with van der Waals surface area (Å²) < 4.78 is 5.36. The minimum Gasteiger partial charge on any atom is -0.374 e. The maximum absolute atomic E-state index is 9.89. The number of ether oxygens (including phenoxy) is 1. The zero-order valence-electron chi connectivity index (χ0n) is 9.81. The zero-order valence-corrected chi connectivity index (χ0v) is 9.81. The molecule has 0 N–H and O–H groups in total. The molecule has 1 atom stereocenters. The summed E-state index contributed by atoms with van der Waals surface area (Å²) in [6.45, 7) is 6.33. The van der Waals surface area contributed by atoms with Crippen molar-refractivity contribution in [3.63, 3.8) is 0 Å². The molecule has 0 aromatic heterocycles. The van der Waals surface area contributed by atoms with Crippen molar-refractivity contribution < 1.29 is 14.6 Å². The normalized spacial score (nSPS) is 12.5. The van der Waals surface area contributed by atoms with Gasteiger partial charge in [0.2, 0.25) is 0 Å². The van der Waals surface area contributed by atoms with E-state index in [1.807, 2.05) is 19.1 Å². The predicted molar refractivity (Wildman–Crippen MR) is 61.3 cm³/mol. The van der Waals surface area contributed by atoms with Crippen LogP contribution in [0.5, 0.6) is 0 Å². The number of hydrogen-bond acceptors (Lipinski definition) is 2. The van der Waals surface area contributed by atoms with Gasteiger partial charge in [0, 0.05) is 6.61 Å². The summed E-state index contributed by atoms with van der Waals surface area (Å²) >= 11 is 0. The minimum absolute atomic E-state index is 0. The van der Waals surface area contributed by atoms with Gasteiger partial charge in [-0.2, -0.15) is 0 Å². The van der Waals surface area contributed by atoms with Gasteiger partial charge in [0.25, 0.3) is 0 Å². The highest BCUT2D eigenvalue weighted by Gasteiger charge is 1.97. The number of carbonyl (C=O) groups is 1. The van der Waals surface area contributed by atoms with E-state index in [0.717, 1.165) is 19.3 Å². The van der Waals surface area contributed by atoms with Crippen LogP contribution in [0.25, 0.3) is 0 Å². The first-order valence-electron chi connectivity index (χ1n) is 5.24. The van der Waals surface area contributed by atoms with Crippen molar-refractivity contribution in [2.45, 2.75) is 33.3 Å². The fraction of sp³-hybridized carbons (Fsp3) is 0.583. The number of carbonyl (C=O) groups excluding carboxylic acids is 1. The lowest BCUT2D eigenvalue weighted by Gasteiger charge is -2.08. The van der Waals surface area contributed by atoms with Gasteiger partial charge in [0.1, 0.15) is 6.29 Å². The van der Waals surface area contributed by atoms with Crippen LogP contribution < -0.4 is 0 Å². The molecule has 0 bridgehead atoms. The molecule has 15 heavy (non-hydrogen) atoms. The van der Waals surface area contributed by atoms with Crippen LogP contribution in [0.4, 0.5) is 0 Å². The Hall–Kier alpha value is -0.930. The molecule has 87 valence electrons. The summed E-state index contributed by atoms with van der Waals surface area (Å²) in [5.74, 6) is 0. The second-order valence-corrected chi connectivity index (χ2v) is 2.60. The van der Waals surface area contributed by atoms with Crippen LogP contribution in [-0.2, 0) is 14.6 Å². The van der Waals surface area contributed by atoms with Gasteiger partial charge in [0.05, 0.1) is 12.7 Å². The van der Waals surface area contributed by atoms with E-state index in [1.165, 1.54) is 6.08 Å². The zero-order chi connectivity index (χ0) is 11.9. The Morgan fingerprint density at radius 3 is 2.13 bits per heavy atom. The highest BCUT2D eigenvalue weighted by atomic mass is 16.5. The molecule has 0 amide bonds. The highest BCUT2D eigenvalue weighted by molar-refractivity contribution is 5.65. The third kappa shape index (κ3) is 15.8. The van der Waals surface area contributed by atoms with Crippen LogP contribution in [0.15, 0.2) is 24.3 Å². The fourth-order valence-corrected chi connectivity index (χ4v) is 0.821. The van der Waals surface area contributed by atoms with E-state index >= 15 is 0 Å². The van der Waals surface area contributed by atoms with Gasteiger partial charge in [-0.05, 0) is 26.3 Å². The van der Waals surface area contributed by atoms with Gasteiger partial charge in [-0.1, -0.05) is 25.2 Å². The van der Waals surface area contributed by atoms with E-state index in [0.29, 0.717) is 0 Å². The topological polar surface area (TPSA) is 46.2 Å². The first-order chi connectivity index (χ1) is 7.26. The van der Waals surface area contributed by atoms with Crippen molar-refractivity contribution >= 4 is 6.29 Å². The Labute approximate surface area is 92.4 Å². The summed E-state index contributed by atoms with van der Waals surface area (Å²) in [4.78, 5) is 9.89. The number of rotatable bonds is 6. The van der Waals surface area contributed by atoms with Gasteiger partial charge in [-0.25, -0.2) is 5.11 Å². The molecule has 1 unspecified atom stereocenters.